The van der Waals surface area contributed by atoms with Crippen LogP contribution in [0, 0.1) is 0 Å². The Bertz CT molecular complexity index is 1740. The molecule has 4 aromatic rings. The van der Waals surface area contributed by atoms with Crippen molar-refractivity contribution in [1.29, 1.82) is 0 Å². The Morgan fingerprint density at radius 3 is 2.52 bits per heavy atom. The van der Waals surface area contributed by atoms with Crippen LogP contribution in [0.1, 0.15) is 41.1 Å². The Hall–Kier alpha value is -3.46. The van der Waals surface area contributed by atoms with Crippen LogP contribution < -0.4 is 9.57 Å². The third-order valence-corrected chi connectivity index (χ3v) is 10.0. The van der Waals surface area contributed by atoms with Gasteiger partial charge in [0, 0.05) is 59.9 Å². The quantitative estimate of drug-likeness (QED) is 0.289. The molecule has 1 atom stereocenters. The van der Waals surface area contributed by atoms with Crippen molar-refractivity contribution >= 4 is 20.9 Å². The van der Waals surface area contributed by atoms with Crippen LogP contribution >= 0.6 is 0 Å². The molecule has 14 heteroatoms. The minimum absolute atomic E-state index is 0.0757. The Labute approximate surface area is 253 Å². The van der Waals surface area contributed by atoms with Gasteiger partial charge >= 0.3 is 6.18 Å². The summed E-state index contributed by atoms with van der Waals surface area (Å²) in [4.78, 5) is 10.9. The number of halogens is 3. The zero-order valence-corrected chi connectivity index (χ0v) is 25.4. The third kappa shape index (κ3) is 6.21. The number of β-amino-alcohol motifs (C(OH)–C–C–N with tert-alkyl or cyclic N) is 1. The highest BCUT2D eigenvalue weighted by Crippen LogP contribution is 2.35. The average molecular weight is 634 g/mol. The molecule has 3 aromatic heterocycles. The van der Waals surface area contributed by atoms with E-state index in [4.69, 9.17) is 9.94 Å². The topological polar surface area (TPSA) is 108 Å². The maximum Gasteiger partial charge on any atom is 0.416 e. The van der Waals surface area contributed by atoms with Gasteiger partial charge in [-0.15, -0.1) is 0 Å². The van der Waals surface area contributed by atoms with Gasteiger partial charge in [-0.25, -0.2) is 8.42 Å². The van der Waals surface area contributed by atoms with E-state index in [1.165, 1.54) is 22.0 Å². The fraction of sp³-hybridized carbons (Fsp3) is 0.467. The number of sulfonamides is 1. The number of hydrogen-bond donors (Lipinski definition) is 2. The number of piperidine rings is 1. The van der Waals surface area contributed by atoms with Crippen molar-refractivity contribution in [3.05, 3.63) is 71.3 Å². The molecule has 10 nitrogen and oxygen atoms in total. The van der Waals surface area contributed by atoms with Crippen molar-refractivity contribution in [2.24, 2.45) is 0 Å². The van der Waals surface area contributed by atoms with Crippen molar-refractivity contribution in [3.63, 3.8) is 0 Å². The minimum atomic E-state index is -4.47. The van der Waals surface area contributed by atoms with E-state index < -0.39 is 27.9 Å². The second-order valence-corrected chi connectivity index (χ2v) is 13.6. The Kier molecular flexibility index (Phi) is 8.20. The molecule has 2 aliphatic rings. The summed E-state index contributed by atoms with van der Waals surface area (Å²) in [7, 11) is -1.86. The van der Waals surface area contributed by atoms with E-state index >= 15 is 0 Å². The molecule has 44 heavy (non-hydrogen) atoms. The average Bonchev–Trinajstić information content (AvgIpc) is 3.57. The molecule has 0 amide bonds. The van der Waals surface area contributed by atoms with Gasteiger partial charge in [-0.05, 0) is 49.5 Å². The summed E-state index contributed by atoms with van der Waals surface area (Å²) >= 11 is 0. The van der Waals surface area contributed by atoms with Crippen molar-refractivity contribution in [2.45, 2.75) is 50.6 Å². The molecule has 0 aliphatic carbocycles. The Morgan fingerprint density at radius 1 is 1.14 bits per heavy atom. The predicted molar refractivity (Wildman–Crippen MR) is 157 cm³/mol. The standard InChI is InChI=1S/C30H35F3N6O4S/c1-43-37-13-9-27-25(18-37)24(15-34-27)20-7-11-36(12-8-20)16-23(40)17-39-28-10-14-38(44(2,41)42)19-26(28)29(35-39)21-3-5-22(6-4-21)30(31,32)33/h3-6,9,13,15,18,20,23,40H,7-8,10-12,14,16-17,19H2,1-2H3/p+1. The summed E-state index contributed by atoms with van der Waals surface area (Å²) < 4.78 is 68.9. The van der Waals surface area contributed by atoms with Crippen LogP contribution in [0.15, 0.2) is 48.9 Å². The summed E-state index contributed by atoms with van der Waals surface area (Å²) in [5.41, 5.74) is 3.90. The van der Waals surface area contributed by atoms with Gasteiger partial charge in [0.05, 0.1) is 41.1 Å². The first kappa shape index (κ1) is 30.6. The number of likely N-dealkylation sites (tertiary alicyclic amines) is 1. The molecular weight excluding hydrogens is 597 g/mol. The lowest BCUT2D eigenvalue weighted by Crippen LogP contribution is -2.40. The monoisotopic (exact) mass is 633 g/mol. The fourth-order valence-electron chi connectivity index (χ4n) is 6.45. The molecule has 236 valence electrons. The summed E-state index contributed by atoms with van der Waals surface area (Å²) in [6, 6.07) is 6.71. The lowest BCUT2D eigenvalue weighted by Gasteiger charge is -2.33. The molecule has 2 N–H and O–H groups in total. The van der Waals surface area contributed by atoms with E-state index in [1.807, 2.05) is 18.5 Å². The van der Waals surface area contributed by atoms with Gasteiger partial charge in [0.1, 0.15) is 7.11 Å². The number of pyridine rings is 1. The van der Waals surface area contributed by atoms with Crippen LogP contribution in [0.2, 0.25) is 0 Å². The van der Waals surface area contributed by atoms with E-state index in [0.717, 1.165) is 60.9 Å². The van der Waals surface area contributed by atoms with Crippen molar-refractivity contribution in [2.75, 3.05) is 39.5 Å². The maximum absolute atomic E-state index is 13.2. The highest BCUT2D eigenvalue weighted by atomic mass is 32.2. The van der Waals surface area contributed by atoms with Crippen LogP contribution in [0.25, 0.3) is 22.2 Å². The second-order valence-electron chi connectivity index (χ2n) is 11.7. The van der Waals surface area contributed by atoms with E-state index in [-0.39, 0.29) is 19.6 Å². The summed E-state index contributed by atoms with van der Waals surface area (Å²) in [6.07, 6.45) is 4.12. The third-order valence-electron chi connectivity index (χ3n) is 8.77. The van der Waals surface area contributed by atoms with Crippen molar-refractivity contribution in [1.82, 2.24) is 24.0 Å². The van der Waals surface area contributed by atoms with Crippen LogP contribution in [0.3, 0.4) is 0 Å². The van der Waals surface area contributed by atoms with Crippen molar-refractivity contribution < 1.29 is 36.3 Å². The summed E-state index contributed by atoms with van der Waals surface area (Å²) in [6.45, 7) is 2.63. The largest absolute Gasteiger partial charge is 0.416 e. The number of aliphatic hydroxyl groups excluding tert-OH is 1. The van der Waals surface area contributed by atoms with Gasteiger partial charge in [0.15, 0.2) is 0 Å². The molecule has 1 aromatic carbocycles. The SMILES string of the molecule is CO[n+]1ccc2[nH]cc(C3CCN(CC(O)Cn4nc(-c5ccc(C(F)(F)F)cc5)c5c4CCN(S(C)(=O)=O)C5)CC3)c2c1. The highest BCUT2D eigenvalue weighted by Gasteiger charge is 2.33. The van der Waals surface area contributed by atoms with Gasteiger partial charge in [0.2, 0.25) is 22.4 Å². The van der Waals surface area contributed by atoms with Gasteiger partial charge in [-0.2, -0.15) is 22.6 Å². The summed E-state index contributed by atoms with van der Waals surface area (Å²) in [5.74, 6) is 0.382. The molecule has 0 saturated carbocycles. The minimum Gasteiger partial charge on any atom is -0.390 e. The number of benzene rings is 1. The molecule has 0 radical (unpaired) electrons. The molecule has 2 aliphatic heterocycles. The number of aliphatic hydroxyl groups is 1. The highest BCUT2D eigenvalue weighted by molar-refractivity contribution is 7.88. The first-order chi connectivity index (χ1) is 20.9. The molecule has 0 spiro atoms. The van der Waals surface area contributed by atoms with Crippen molar-refractivity contribution in [3.8, 4) is 11.3 Å². The molecule has 1 fully saturated rings. The number of H-pyrrole nitrogens is 1. The van der Waals surface area contributed by atoms with Gasteiger partial charge in [-0.1, -0.05) is 12.1 Å². The first-order valence-electron chi connectivity index (χ1n) is 14.6. The van der Waals surface area contributed by atoms with Crippen LogP contribution in [-0.2, 0) is 35.7 Å². The number of nitrogens with one attached hydrogen (secondary N) is 1. The Morgan fingerprint density at radius 2 is 1.86 bits per heavy atom. The smallest absolute Gasteiger partial charge is 0.390 e. The predicted octanol–water partition coefficient (Wildman–Crippen LogP) is 2.95. The summed E-state index contributed by atoms with van der Waals surface area (Å²) in [5, 5.41) is 17.0. The van der Waals surface area contributed by atoms with Crippen LogP contribution in [0.5, 0.6) is 0 Å². The number of nitrogens with zero attached hydrogens (tertiary/aromatic N) is 5. The van der Waals surface area contributed by atoms with E-state index in [0.29, 0.717) is 35.7 Å². The van der Waals surface area contributed by atoms with E-state index in [1.54, 1.807) is 16.5 Å². The second kappa shape index (κ2) is 11.8. The number of fused-ring (bicyclic) bond motifs is 2. The van der Waals surface area contributed by atoms with Gasteiger partial charge in [-0.3, -0.25) is 9.52 Å². The first-order valence-corrected chi connectivity index (χ1v) is 16.4. The molecule has 1 unspecified atom stereocenters. The zero-order chi connectivity index (χ0) is 31.2. The zero-order valence-electron chi connectivity index (χ0n) is 24.6. The van der Waals surface area contributed by atoms with Crippen LogP contribution in [0.4, 0.5) is 13.2 Å². The van der Waals surface area contributed by atoms with E-state index in [9.17, 15) is 26.7 Å². The number of aromatic nitrogens is 4. The molecule has 1 saturated heterocycles. The molecule has 6 rings (SSSR count). The van der Waals surface area contributed by atoms with E-state index in [2.05, 4.69) is 16.1 Å². The molecule has 0 bridgehead atoms. The number of rotatable bonds is 8. The maximum atomic E-state index is 13.2. The Balaban J connectivity index is 1.16. The number of hydrogen-bond acceptors (Lipinski definition) is 6. The molecular formula is C30H36F3N6O4S+. The number of aromatic amines is 1. The van der Waals surface area contributed by atoms with Gasteiger partial charge < -0.3 is 15.0 Å². The number of alkyl halides is 3. The fourth-order valence-corrected chi connectivity index (χ4v) is 7.24. The lowest BCUT2D eigenvalue weighted by molar-refractivity contribution is -0.884. The van der Waals surface area contributed by atoms with Crippen LogP contribution in [-0.4, -0.2) is 83.1 Å². The lowest BCUT2D eigenvalue weighted by atomic mass is 9.89. The molecule has 5 heterocycles. The normalized spacial score (nSPS) is 18.0. The van der Waals surface area contributed by atoms with Gasteiger partial charge in [0.25, 0.3) is 0 Å².